The highest BCUT2D eigenvalue weighted by molar-refractivity contribution is 6.08. The molecule has 30 heavy (non-hydrogen) atoms. The molecule has 4 amide bonds. The summed E-state index contributed by atoms with van der Waals surface area (Å²) in [6, 6.07) is 7.15. The Morgan fingerprint density at radius 3 is 2.10 bits per heavy atom. The van der Waals surface area contributed by atoms with Gasteiger partial charge < -0.3 is 4.74 Å². The van der Waals surface area contributed by atoms with Crippen molar-refractivity contribution in [1.82, 2.24) is 15.8 Å². The molecule has 0 aromatic heterocycles. The molecule has 0 spiro atoms. The second kappa shape index (κ2) is 9.06. The molecular formula is C21H25N3O6. The molecule has 1 saturated carbocycles. The zero-order valence-corrected chi connectivity index (χ0v) is 16.9. The molecule has 1 aromatic rings. The van der Waals surface area contributed by atoms with Crippen LogP contribution < -0.4 is 10.9 Å². The Morgan fingerprint density at radius 2 is 1.53 bits per heavy atom. The summed E-state index contributed by atoms with van der Waals surface area (Å²) in [6.45, 7) is 2.75. The lowest BCUT2D eigenvalue weighted by Gasteiger charge is -2.23. The van der Waals surface area contributed by atoms with E-state index in [2.05, 4.69) is 10.9 Å². The number of hydrazine groups is 1. The Labute approximate surface area is 174 Å². The number of imide groups is 1. The highest BCUT2D eigenvalue weighted by atomic mass is 16.5. The minimum absolute atomic E-state index is 0.346. The Bertz CT molecular complexity index is 832. The molecule has 2 aliphatic rings. The molecule has 0 radical (unpaired) electrons. The smallest absolute Gasteiger partial charge is 0.329 e. The molecule has 1 heterocycles. The summed E-state index contributed by atoms with van der Waals surface area (Å²) in [6.07, 6.45) is 1.84. The van der Waals surface area contributed by atoms with E-state index < -0.39 is 29.9 Å². The number of ether oxygens (including phenoxy) is 1. The van der Waals surface area contributed by atoms with Crippen LogP contribution in [0.1, 0.15) is 49.9 Å². The van der Waals surface area contributed by atoms with E-state index in [1.54, 1.807) is 30.3 Å². The van der Waals surface area contributed by atoms with Crippen molar-refractivity contribution in [2.24, 2.45) is 11.8 Å². The van der Waals surface area contributed by atoms with Crippen molar-refractivity contribution < 1.29 is 28.7 Å². The zero-order chi connectivity index (χ0) is 21.8. The number of rotatable bonds is 5. The number of fused-ring (bicyclic) bond motifs is 1. The van der Waals surface area contributed by atoms with Crippen LogP contribution in [0, 0.1) is 11.8 Å². The minimum Gasteiger partial charge on any atom is -0.451 e. The first kappa shape index (κ1) is 21.5. The van der Waals surface area contributed by atoms with Gasteiger partial charge in [-0.1, -0.05) is 31.0 Å². The number of hydrogen-bond donors (Lipinski definition) is 2. The van der Waals surface area contributed by atoms with Gasteiger partial charge in [0.2, 0.25) is 11.8 Å². The van der Waals surface area contributed by atoms with Crippen LogP contribution in [-0.2, 0) is 23.9 Å². The van der Waals surface area contributed by atoms with Gasteiger partial charge in [0, 0.05) is 5.56 Å². The molecule has 0 unspecified atom stereocenters. The second-order valence-corrected chi connectivity index (χ2v) is 7.61. The second-order valence-electron chi connectivity index (χ2n) is 7.61. The van der Waals surface area contributed by atoms with Crippen LogP contribution in [0.4, 0.5) is 0 Å². The van der Waals surface area contributed by atoms with Gasteiger partial charge in [0.05, 0.1) is 11.8 Å². The van der Waals surface area contributed by atoms with Gasteiger partial charge in [-0.25, -0.2) is 4.79 Å². The number of benzene rings is 1. The number of esters is 1. The molecule has 0 bridgehead atoms. The molecule has 1 aromatic carbocycles. The Hall–Kier alpha value is -3.23. The number of carbonyl (C=O) groups excluding carboxylic acids is 5. The van der Waals surface area contributed by atoms with Crippen molar-refractivity contribution >= 4 is 29.6 Å². The van der Waals surface area contributed by atoms with Crippen molar-refractivity contribution in [2.45, 2.75) is 51.7 Å². The van der Waals surface area contributed by atoms with Crippen molar-refractivity contribution in [3.05, 3.63) is 35.9 Å². The van der Waals surface area contributed by atoms with Crippen LogP contribution in [-0.4, -0.2) is 46.6 Å². The summed E-state index contributed by atoms with van der Waals surface area (Å²) in [5, 5.41) is 0. The van der Waals surface area contributed by atoms with Crippen LogP contribution in [0.5, 0.6) is 0 Å². The van der Waals surface area contributed by atoms with Crippen LogP contribution in [0.3, 0.4) is 0 Å². The first-order chi connectivity index (χ1) is 14.3. The fraction of sp³-hybridized carbons (Fsp3) is 0.476. The third-order valence-electron chi connectivity index (χ3n) is 5.60. The maximum absolute atomic E-state index is 12.6. The van der Waals surface area contributed by atoms with Crippen molar-refractivity contribution in [1.29, 1.82) is 0 Å². The summed E-state index contributed by atoms with van der Waals surface area (Å²) in [5.74, 6) is -3.54. The fourth-order valence-electron chi connectivity index (χ4n) is 3.88. The number of hydrogen-bond acceptors (Lipinski definition) is 6. The number of nitrogens with one attached hydrogen (secondary N) is 2. The molecule has 1 aliphatic carbocycles. The van der Waals surface area contributed by atoms with Crippen LogP contribution in [0.25, 0.3) is 0 Å². The lowest BCUT2D eigenvalue weighted by Crippen LogP contribution is -2.49. The molecule has 2 N–H and O–H groups in total. The average Bonchev–Trinajstić information content (AvgIpc) is 3.02. The standard InChI is InChI=1S/C21H25N3O6/c1-12(24-19(27)15-10-6-7-11-16(15)20(24)28)21(29)30-13(2)17(25)22-23-18(26)14-8-4-3-5-9-14/h3-5,8-9,12-13,15-16H,6-7,10-11H2,1-2H3,(H,22,25)(H,23,26)/t12-,13+,15-,16-/m0/s1. The van der Waals surface area contributed by atoms with E-state index in [0.29, 0.717) is 18.4 Å². The van der Waals surface area contributed by atoms with Crippen LogP contribution >= 0.6 is 0 Å². The lowest BCUT2D eigenvalue weighted by molar-refractivity contribution is -0.164. The van der Waals surface area contributed by atoms with E-state index in [9.17, 15) is 24.0 Å². The number of nitrogens with zero attached hydrogens (tertiary/aromatic N) is 1. The number of carbonyl (C=O) groups is 5. The Balaban J connectivity index is 1.53. The van der Waals surface area contributed by atoms with Gasteiger partial charge in [0.25, 0.3) is 11.8 Å². The van der Waals surface area contributed by atoms with Crippen molar-refractivity contribution in [3.8, 4) is 0 Å². The highest BCUT2D eigenvalue weighted by Gasteiger charge is 2.51. The summed E-state index contributed by atoms with van der Waals surface area (Å²) >= 11 is 0. The quantitative estimate of drug-likeness (QED) is 0.419. The lowest BCUT2D eigenvalue weighted by atomic mass is 9.81. The normalized spacial score (nSPS) is 22.7. The molecule has 9 nitrogen and oxygen atoms in total. The monoisotopic (exact) mass is 415 g/mol. The number of likely N-dealkylation sites (tertiary alicyclic amines) is 1. The number of amides is 4. The molecule has 1 aliphatic heterocycles. The van der Waals surface area contributed by atoms with E-state index in [0.717, 1.165) is 17.7 Å². The molecule has 1 saturated heterocycles. The van der Waals surface area contributed by atoms with E-state index in [1.165, 1.54) is 13.8 Å². The molecule has 4 atom stereocenters. The molecular weight excluding hydrogens is 390 g/mol. The highest BCUT2D eigenvalue weighted by Crippen LogP contribution is 2.38. The van der Waals surface area contributed by atoms with Gasteiger partial charge in [-0.2, -0.15) is 0 Å². The van der Waals surface area contributed by atoms with E-state index in [-0.39, 0.29) is 23.7 Å². The topological polar surface area (TPSA) is 122 Å². The Kier molecular flexibility index (Phi) is 6.49. The minimum atomic E-state index is -1.23. The van der Waals surface area contributed by atoms with Gasteiger partial charge in [-0.05, 0) is 38.8 Å². The summed E-state index contributed by atoms with van der Waals surface area (Å²) in [4.78, 5) is 62.7. The van der Waals surface area contributed by atoms with Crippen LogP contribution in [0.15, 0.2) is 30.3 Å². The largest absolute Gasteiger partial charge is 0.451 e. The summed E-state index contributed by atoms with van der Waals surface area (Å²) in [5.41, 5.74) is 4.78. The van der Waals surface area contributed by atoms with E-state index >= 15 is 0 Å². The van der Waals surface area contributed by atoms with Gasteiger partial charge in [-0.15, -0.1) is 0 Å². The van der Waals surface area contributed by atoms with E-state index in [4.69, 9.17) is 4.74 Å². The third-order valence-corrected chi connectivity index (χ3v) is 5.60. The fourth-order valence-corrected chi connectivity index (χ4v) is 3.88. The maximum Gasteiger partial charge on any atom is 0.329 e. The predicted molar refractivity (Wildman–Crippen MR) is 104 cm³/mol. The van der Waals surface area contributed by atoms with Crippen molar-refractivity contribution in [3.63, 3.8) is 0 Å². The SMILES string of the molecule is C[C@@H](OC(=O)[C@H](C)N1C(=O)[C@H]2CCCC[C@@H]2C1=O)C(=O)NNC(=O)c1ccccc1. The van der Waals surface area contributed by atoms with Gasteiger partial charge in [0.15, 0.2) is 6.10 Å². The maximum atomic E-state index is 12.6. The first-order valence-electron chi connectivity index (χ1n) is 10.0. The Morgan fingerprint density at radius 1 is 0.967 bits per heavy atom. The van der Waals surface area contributed by atoms with Gasteiger partial charge >= 0.3 is 5.97 Å². The summed E-state index contributed by atoms with van der Waals surface area (Å²) in [7, 11) is 0. The summed E-state index contributed by atoms with van der Waals surface area (Å²) < 4.78 is 5.13. The molecule has 2 fully saturated rings. The predicted octanol–water partition coefficient (Wildman–Crippen LogP) is 0.943. The molecule has 3 rings (SSSR count). The van der Waals surface area contributed by atoms with Crippen LogP contribution in [0.2, 0.25) is 0 Å². The average molecular weight is 415 g/mol. The van der Waals surface area contributed by atoms with E-state index in [1.807, 2.05) is 0 Å². The van der Waals surface area contributed by atoms with Gasteiger partial charge in [-0.3, -0.25) is 34.9 Å². The molecule has 160 valence electrons. The van der Waals surface area contributed by atoms with Crippen molar-refractivity contribution in [2.75, 3.05) is 0 Å². The van der Waals surface area contributed by atoms with Gasteiger partial charge in [0.1, 0.15) is 6.04 Å². The molecule has 9 heteroatoms. The third kappa shape index (κ3) is 4.34. The first-order valence-corrected chi connectivity index (χ1v) is 10.0. The zero-order valence-electron chi connectivity index (χ0n) is 16.9.